The highest BCUT2D eigenvalue weighted by molar-refractivity contribution is 5.89. The van der Waals surface area contributed by atoms with Crippen LogP contribution in [0.2, 0.25) is 0 Å². The van der Waals surface area contributed by atoms with E-state index in [9.17, 15) is 22.4 Å². The summed E-state index contributed by atoms with van der Waals surface area (Å²) in [6, 6.07) is 6.24. The molecule has 0 aliphatic rings. The Morgan fingerprint density at radius 1 is 1.25 bits per heavy atom. The van der Waals surface area contributed by atoms with Crippen molar-refractivity contribution in [2.75, 3.05) is 6.54 Å². The maximum atomic E-state index is 12.9. The van der Waals surface area contributed by atoms with Crippen molar-refractivity contribution in [3.8, 4) is 11.4 Å². The number of hydrogen-bond acceptors (Lipinski definition) is 5. The van der Waals surface area contributed by atoms with Gasteiger partial charge in [-0.05, 0) is 36.2 Å². The molecule has 0 spiro atoms. The molecule has 0 saturated carbocycles. The highest BCUT2D eigenvalue weighted by atomic mass is 19.4. The Balaban J connectivity index is 1.54. The van der Waals surface area contributed by atoms with Crippen LogP contribution in [-0.2, 0) is 12.7 Å². The first kappa shape index (κ1) is 19.5. The van der Waals surface area contributed by atoms with Crippen LogP contribution in [0.4, 0.5) is 17.6 Å². The monoisotopic (exact) mass is 397 g/mol. The summed E-state index contributed by atoms with van der Waals surface area (Å²) in [6.07, 6.45) is -3.27. The number of halogens is 4. The Labute approximate surface area is 156 Å². The molecular formula is C17H15F4N5O2. The third-order valence-corrected chi connectivity index (χ3v) is 3.76. The second-order valence-corrected chi connectivity index (χ2v) is 6.17. The molecule has 0 aliphatic carbocycles. The molecule has 3 aromatic rings. The summed E-state index contributed by atoms with van der Waals surface area (Å²) < 4.78 is 56.6. The van der Waals surface area contributed by atoms with E-state index < -0.39 is 23.6 Å². The molecule has 2 aromatic heterocycles. The van der Waals surface area contributed by atoms with Gasteiger partial charge in [0.15, 0.2) is 5.69 Å². The molecule has 0 radical (unpaired) electrons. The Kier molecular flexibility index (Phi) is 5.43. The van der Waals surface area contributed by atoms with Crippen molar-refractivity contribution in [3.63, 3.8) is 0 Å². The van der Waals surface area contributed by atoms with Crippen LogP contribution in [-0.4, -0.2) is 32.4 Å². The quantitative estimate of drug-likeness (QED) is 0.646. The van der Waals surface area contributed by atoms with Crippen molar-refractivity contribution in [3.05, 3.63) is 53.9 Å². The number of carbonyl (C=O) groups is 1. The summed E-state index contributed by atoms with van der Waals surface area (Å²) in [5.74, 6) is -1.38. The summed E-state index contributed by atoms with van der Waals surface area (Å²) in [5, 5.41) is 9.70. The molecule has 0 saturated heterocycles. The normalized spacial score (nSPS) is 12.8. The number of carbonyl (C=O) groups excluding carboxylic acids is 1. The summed E-state index contributed by atoms with van der Waals surface area (Å²) in [4.78, 5) is 16.0. The van der Waals surface area contributed by atoms with Crippen molar-refractivity contribution in [2.24, 2.45) is 5.92 Å². The Morgan fingerprint density at radius 3 is 2.61 bits per heavy atom. The number of alkyl halides is 3. The zero-order valence-corrected chi connectivity index (χ0v) is 14.6. The van der Waals surface area contributed by atoms with E-state index in [-0.39, 0.29) is 30.7 Å². The van der Waals surface area contributed by atoms with Gasteiger partial charge in [0.05, 0.1) is 0 Å². The van der Waals surface area contributed by atoms with Crippen molar-refractivity contribution in [1.29, 1.82) is 0 Å². The minimum atomic E-state index is -4.50. The molecular weight excluding hydrogens is 382 g/mol. The zero-order valence-electron chi connectivity index (χ0n) is 14.6. The van der Waals surface area contributed by atoms with Gasteiger partial charge < -0.3 is 9.84 Å². The lowest BCUT2D eigenvalue weighted by Crippen LogP contribution is -2.30. The number of nitrogens with zero attached hydrogens (tertiary/aromatic N) is 4. The van der Waals surface area contributed by atoms with Crippen molar-refractivity contribution >= 4 is 5.91 Å². The number of nitrogens with one attached hydrogen (secondary N) is 1. The number of rotatable bonds is 6. The third-order valence-electron chi connectivity index (χ3n) is 3.76. The van der Waals surface area contributed by atoms with E-state index in [1.807, 2.05) is 0 Å². The predicted octanol–water partition coefficient (Wildman–Crippen LogP) is 3.16. The first-order valence-corrected chi connectivity index (χ1v) is 8.21. The average Bonchev–Trinajstić information content (AvgIpc) is 3.29. The maximum Gasteiger partial charge on any atom is 0.435 e. The van der Waals surface area contributed by atoms with Crippen LogP contribution in [0.25, 0.3) is 11.4 Å². The van der Waals surface area contributed by atoms with Crippen molar-refractivity contribution < 1.29 is 26.9 Å². The fourth-order valence-electron chi connectivity index (χ4n) is 2.37. The van der Waals surface area contributed by atoms with E-state index in [2.05, 4.69) is 20.6 Å². The third kappa shape index (κ3) is 4.72. The fraction of sp³-hybridized carbons (Fsp3) is 0.294. The van der Waals surface area contributed by atoms with Crippen LogP contribution in [0.5, 0.6) is 0 Å². The Morgan fingerprint density at radius 2 is 1.96 bits per heavy atom. The average molecular weight is 397 g/mol. The van der Waals surface area contributed by atoms with Gasteiger partial charge in [-0.3, -0.25) is 9.48 Å². The fourth-order valence-corrected chi connectivity index (χ4v) is 2.37. The molecule has 0 fully saturated rings. The maximum absolute atomic E-state index is 12.9. The van der Waals surface area contributed by atoms with E-state index in [0.29, 0.717) is 5.56 Å². The first-order chi connectivity index (χ1) is 13.2. The van der Waals surface area contributed by atoms with Gasteiger partial charge in [0.25, 0.3) is 0 Å². The van der Waals surface area contributed by atoms with E-state index >= 15 is 0 Å². The predicted molar refractivity (Wildman–Crippen MR) is 88.4 cm³/mol. The molecule has 3 rings (SSSR count). The minimum Gasteiger partial charge on any atom is -0.347 e. The minimum absolute atomic E-state index is 0.134. The zero-order chi connectivity index (χ0) is 20.3. The van der Waals surface area contributed by atoms with Crippen LogP contribution in [0.15, 0.2) is 41.1 Å². The molecule has 1 aromatic carbocycles. The van der Waals surface area contributed by atoms with Gasteiger partial charge in [-0.2, -0.15) is 23.3 Å². The van der Waals surface area contributed by atoms with Crippen molar-refractivity contribution in [2.45, 2.75) is 19.6 Å². The molecule has 1 amide bonds. The largest absolute Gasteiger partial charge is 0.435 e. The van der Waals surface area contributed by atoms with E-state index in [0.717, 1.165) is 6.07 Å². The number of amides is 1. The highest BCUT2D eigenvalue weighted by Gasteiger charge is 2.33. The number of benzene rings is 1. The lowest BCUT2D eigenvalue weighted by atomic mass is 10.2. The Bertz CT molecular complexity index is 949. The molecule has 11 heteroatoms. The van der Waals surface area contributed by atoms with Gasteiger partial charge in [0, 0.05) is 24.8 Å². The number of hydrogen-bond donors (Lipinski definition) is 1. The molecule has 0 unspecified atom stereocenters. The van der Waals surface area contributed by atoms with Gasteiger partial charge in [0.1, 0.15) is 5.82 Å². The molecule has 2 heterocycles. The van der Waals surface area contributed by atoms with Crippen LogP contribution >= 0.6 is 0 Å². The molecule has 1 N–H and O–H groups in total. The SMILES string of the molecule is C[C@H](CNC(=O)c1nc(-c2ccc(F)cc2)no1)Cn1ccc(C(F)(F)F)n1. The lowest BCUT2D eigenvalue weighted by molar-refractivity contribution is -0.141. The highest BCUT2D eigenvalue weighted by Crippen LogP contribution is 2.27. The van der Waals surface area contributed by atoms with Crippen LogP contribution in [0.1, 0.15) is 23.3 Å². The second kappa shape index (κ2) is 7.79. The Hall–Kier alpha value is -3.24. The molecule has 1 atom stereocenters. The molecule has 0 aliphatic heterocycles. The van der Waals surface area contributed by atoms with Crippen LogP contribution in [0, 0.1) is 11.7 Å². The topological polar surface area (TPSA) is 85.8 Å². The molecule has 0 bridgehead atoms. The standard InChI is InChI=1S/C17H15F4N5O2/c1-10(9-26-7-6-13(24-26)17(19,20)21)8-22-15(27)16-23-14(25-28-16)11-2-4-12(18)5-3-11/h2-7,10H,8-9H2,1H3,(H,22,27)/t10-/m1/s1. The number of aromatic nitrogens is 4. The molecule has 7 nitrogen and oxygen atoms in total. The molecule has 28 heavy (non-hydrogen) atoms. The lowest BCUT2D eigenvalue weighted by Gasteiger charge is -2.11. The van der Waals surface area contributed by atoms with Gasteiger partial charge in [-0.25, -0.2) is 4.39 Å². The second-order valence-electron chi connectivity index (χ2n) is 6.17. The summed E-state index contributed by atoms with van der Waals surface area (Å²) in [5.41, 5.74) is -0.486. The van der Waals surface area contributed by atoms with Crippen LogP contribution < -0.4 is 5.32 Å². The van der Waals surface area contributed by atoms with Gasteiger partial charge >= 0.3 is 18.0 Å². The van der Waals surface area contributed by atoms with E-state index in [4.69, 9.17) is 4.52 Å². The van der Waals surface area contributed by atoms with Crippen LogP contribution in [0.3, 0.4) is 0 Å². The summed E-state index contributed by atoms with van der Waals surface area (Å²) >= 11 is 0. The first-order valence-electron chi connectivity index (χ1n) is 8.21. The summed E-state index contributed by atoms with van der Waals surface area (Å²) in [6.45, 7) is 2.09. The van der Waals surface area contributed by atoms with Crippen molar-refractivity contribution in [1.82, 2.24) is 25.2 Å². The van der Waals surface area contributed by atoms with Gasteiger partial charge in [-0.1, -0.05) is 12.1 Å². The smallest absolute Gasteiger partial charge is 0.347 e. The van der Waals surface area contributed by atoms with E-state index in [1.165, 1.54) is 35.1 Å². The van der Waals surface area contributed by atoms with Gasteiger partial charge in [-0.15, -0.1) is 0 Å². The summed E-state index contributed by atoms with van der Waals surface area (Å²) in [7, 11) is 0. The molecule has 148 valence electrons. The van der Waals surface area contributed by atoms with E-state index in [1.54, 1.807) is 6.92 Å². The van der Waals surface area contributed by atoms with Gasteiger partial charge in [0.2, 0.25) is 5.82 Å².